The molecule has 0 saturated carbocycles. The number of nitrogens with zero attached hydrogens (tertiary/aromatic N) is 3. The number of rotatable bonds is 3. The van der Waals surface area contributed by atoms with Gasteiger partial charge in [-0.25, -0.2) is 12.8 Å². The minimum atomic E-state index is -2.84. The number of benzene rings is 1. The molecular weight excluding hydrogens is 343 g/mol. The fourth-order valence-corrected chi connectivity index (χ4v) is 5.29. The van der Waals surface area contributed by atoms with E-state index in [1.807, 2.05) is 0 Å². The highest BCUT2D eigenvalue weighted by Gasteiger charge is 2.28. The molecule has 3 rings (SSSR count). The van der Waals surface area contributed by atoms with E-state index in [0.29, 0.717) is 12.3 Å². The summed E-state index contributed by atoms with van der Waals surface area (Å²) in [6.45, 7) is 3.96. The molecule has 0 aromatic heterocycles. The molecule has 0 radical (unpaired) electrons. The Bertz CT molecular complexity index is 713. The molecule has 6 nitrogen and oxygen atoms in total. The Hall–Kier alpha value is -1.83. The van der Waals surface area contributed by atoms with Crippen LogP contribution in [0.2, 0.25) is 0 Å². The van der Waals surface area contributed by atoms with Gasteiger partial charge < -0.3 is 15.1 Å². The maximum Gasteiger partial charge on any atom is 0.193 e. The second-order valence-corrected chi connectivity index (χ2v) is 8.88. The number of anilines is 1. The summed E-state index contributed by atoms with van der Waals surface area (Å²) in [5, 5.41) is 3.32. The quantitative estimate of drug-likeness (QED) is 0.636. The van der Waals surface area contributed by atoms with Gasteiger partial charge in [-0.2, -0.15) is 0 Å². The van der Waals surface area contributed by atoms with Crippen molar-refractivity contribution in [3.05, 3.63) is 30.1 Å². The minimum Gasteiger partial charge on any atom is -0.368 e. The predicted octanol–water partition coefficient (Wildman–Crippen LogP) is 0.958. The monoisotopic (exact) mass is 368 g/mol. The Kier molecular flexibility index (Phi) is 5.46. The molecule has 1 aromatic carbocycles. The van der Waals surface area contributed by atoms with Crippen molar-refractivity contribution in [3.63, 3.8) is 0 Å². The molecule has 1 aromatic rings. The molecule has 25 heavy (non-hydrogen) atoms. The van der Waals surface area contributed by atoms with E-state index in [1.54, 1.807) is 19.2 Å². The third-order valence-electron chi connectivity index (χ3n) is 4.86. The molecule has 0 amide bonds. The van der Waals surface area contributed by atoms with Crippen LogP contribution in [0.4, 0.5) is 10.1 Å². The van der Waals surface area contributed by atoms with Crippen molar-refractivity contribution in [3.8, 4) is 0 Å². The molecular formula is C17H25FN4O2S. The molecule has 0 aliphatic carbocycles. The topological polar surface area (TPSA) is 65.0 Å². The molecule has 138 valence electrons. The standard InChI is InChI=1S/C17H25FN4O2S/c1-19-17(20-12-14-6-11-25(23,24)13-14)22-9-7-21(8-10-22)16-4-2-15(18)3-5-16/h2-5,14H,6-13H2,1H3,(H,19,20). The van der Waals surface area contributed by atoms with E-state index in [-0.39, 0.29) is 17.5 Å². The number of guanidine groups is 1. The number of aliphatic imine (C=N–C) groups is 1. The SMILES string of the molecule is CN=C(NCC1CCS(=O)(=O)C1)N1CCN(c2ccc(F)cc2)CC1. The lowest BCUT2D eigenvalue weighted by Gasteiger charge is -2.37. The first-order valence-corrected chi connectivity index (χ1v) is 10.5. The molecule has 8 heteroatoms. The van der Waals surface area contributed by atoms with Gasteiger partial charge in [0.1, 0.15) is 5.82 Å². The summed E-state index contributed by atoms with van der Waals surface area (Å²) >= 11 is 0. The highest BCUT2D eigenvalue weighted by atomic mass is 32.2. The van der Waals surface area contributed by atoms with Crippen molar-refractivity contribution in [2.24, 2.45) is 10.9 Å². The lowest BCUT2D eigenvalue weighted by atomic mass is 10.1. The van der Waals surface area contributed by atoms with E-state index >= 15 is 0 Å². The first kappa shape index (κ1) is 18.0. The molecule has 2 heterocycles. The van der Waals surface area contributed by atoms with Gasteiger partial charge in [-0.1, -0.05) is 0 Å². The minimum absolute atomic E-state index is 0.169. The van der Waals surface area contributed by atoms with Crippen LogP contribution in [-0.4, -0.2) is 70.6 Å². The Morgan fingerprint density at radius 2 is 1.92 bits per heavy atom. The summed E-state index contributed by atoms with van der Waals surface area (Å²) in [6.07, 6.45) is 0.727. The molecule has 2 aliphatic heterocycles. The van der Waals surface area contributed by atoms with Crippen LogP contribution in [0.1, 0.15) is 6.42 Å². The summed E-state index contributed by atoms with van der Waals surface area (Å²) in [6, 6.07) is 6.58. The van der Waals surface area contributed by atoms with Gasteiger partial charge in [0, 0.05) is 45.5 Å². The highest BCUT2D eigenvalue weighted by molar-refractivity contribution is 7.91. The van der Waals surface area contributed by atoms with E-state index in [2.05, 4.69) is 20.1 Å². The van der Waals surface area contributed by atoms with Gasteiger partial charge in [0.05, 0.1) is 11.5 Å². The Balaban J connectivity index is 1.49. The van der Waals surface area contributed by atoms with Crippen molar-refractivity contribution in [1.82, 2.24) is 10.2 Å². The normalized spacial score (nSPS) is 23.8. The molecule has 1 N–H and O–H groups in total. The summed E-state index contributed by atoms with van der Waals surface area (Å²) < 4.78 is 36.1. The second kappa shape index (κ2) is 7.59. The number of hydrogen-bond donors (Lipinski definition) is 1. The van der Waals surface area contributed by atoms with Crippen molar-refractivity contribution in [2.75, 3.05) is 56.2 Å². The van der Waals surface area contributed by atoms with Crippen LogP contribution < -0.4 is 10.2 Å². The van der Waals surface area contributed by atoms with Crippen LogP contribution in [0.3, 0.4) is 0 Å². The van der Waals surface area contributed by atoms with Gasteiger partial charge in [-0.3, -0.25) is 4.99 Å². The Morgan fingerprint density at radius 1 is 1.24 bits per heavy atom. The highest BCUT2D eigenvalue weighted by Crippen LogP contribution is 2.18. The van der Waals surface area contributed by atoms with Crippen LogP contribution in [-0.2, 0) is 9.84 Å². The smallest absolute Gasteiger partial charge is 0.193 e. The van der Waals surface area contributed by atoms with Crippen molar-refractivity contribution < 1.29 is 12.8 Å². The zero-order chi connectivity index (χ0) is 17.9. The van der Waals surface area contributed by atoms with Crippen molar-refractivity contribution >= 4 is 21.5 Å². The number of halogens is 1. The van der Waals surface area contributed by atoms with E-state index in [4.69, 9.17) is 0 Å². The van der Waals surface area contributed by atoms with Crippen LogP contribution in [0, 0.1) is 11.7 Å². The van der Waals surface area contributed by atoms with Crippen LogP contribution in [0.5, 0.6) is 0 Å². The van der Waals surface area contributed by atoms with Gasteiger partial charge in [-0.15, -0.1) is 0 Å². The summed E-state index contributed by atoms with van der Waals surface area (Å²) in [5.74, 6) is 1.34. The molecule has 2 saturated heterocycles. The number of piperazine rings is 1. The maximum absolute atomic E-state index is 13.0. The van der Waals surface area contributed by atoms with Gasteiger partial charge in [-0.05, 0) is 36.6 Å². The summed E-state index contributed by atoms with van der Waals surface area (Å²) in [4.78, 5) is 8.75. The van der Waals surface area contributed by atoms with Gasteiger partial charge in [0.25, 0.3) is 0 Å². The third kappa shape index (κ3) is 4.62. The first-order valence-electron chi connectivity index (χ1n) is 8.63. The van der Waals surface area contributed by atoms with Crippen molar-refractivity contribution in [2.45, 2.75) is 6.42 Å². The van der Waals surface area contributed by atoms with Gasteiger partial charge in [0.2, 0.25) is 0 Å². The number of sulfone groups is 1. The van der Waals surface area contributed by atoms with E-state index in [0.717, 1.165) is 44.2 Å². The predicted molar refractivity (Wildman–Crippen MR) is 98.3 cm³/mol. The average molecular weight is 368 g/mol. The molecule has 0 bridgehead atoms. The largest absolute Gasteiger partial charge is 0.368 e. The van der Waals surface area contributed by atoms with E-state index in [1.165, 1.54) is 12.1 Å². The van der Waals surface area contributed by atoms with Crippen LogP contribution in [0.25, 0.3) is 0 Å². The van der Waals surface area contributed by atoms with Gasteiger partial charge in [0.15, 0.2) is 15.8 Å². The first-order chi connectivity index (χ1) is 12.0. The van der Waals surface area contributed by atoms with Crippen molar-refractivity contribution in [1.29, 1.82) is 0 Å². The fourth-order valence-electron chi connectivity index (χ4n) is 3.43. The molecule has 1 unspecified atom stereocenters. The number of hydrogen-bond acceptors (Lipinski definition) is 4. The summed E-state index contributed by atoms with van der Waals surface area (Å²) in [7, 11) is -1.09. The molecule has 2 fully saturated rings. The zero-order valence-corrected chi connectivity index (χ0v) is 15.3. The van der Waals surface area contributed by atoms with E-state index in [9.17, 15) is 12.8 Å². The average Bonchev–Trinajstić information content (AvgIpc) is 2.96. The molecule has 1 atom stereocenters. The summed E-state index contributed by atoms with van der Waals surface area (Å²) in [5.41, 5.74) is 1.03. The van der Waals surface area contributed by atoms with Crippen LogP contribution >= 0.6 is 0 Å². The fraction of sp³-hybridized carbons (Fsp3) is 0.588. The zero-order valence-electron chi connectivity index (χ0n) is 14.5. The Labute approximate surface area is 148 Å². The van der Waals surface area contributed by atoms with Crippen LogP contribution in [0.15, 0.2) is 29.3 Å². The maximum atomic E-state index is 13.0. The lowest BCUT2D eigenvalue weighted by Crippen LogP contribution is -2.53. The molecule has 2 aliphatic rings. The molecule has 0 spiro atoms. The second-order valence-electron chi connectivity index (χ2n) is 6.65. The van der Waals surface area contributed by atoms with Gasteiger partial charge >= 0.3 is 0 Å². The lowest BCUT2D eigenvalue weighted by molar-refractivity contribution is 0.369. The van der Waals surface area contributed by atoms with E-state index < -0.39 is 9.84 Å². The Morgan fingerprint density at radius 3 is 2.48 bits per heavy atom. The third-order valence-corrected chi connectivity index (χ3v) is 6.70. The number of nitrogens with one attached hydrogen (secondary N) is 1.